The third-order valence-corrected chi connectivity index (χ3v) is 7.11. The smallest absolute Gasteiger partial charge is 0.416 e. The van der Waals surface area contributed by atoms with Gasteiger partial charge in [-0.2, -0.15) is 13.2 Å². The van der Waals surface area contributed by atoms with Crippen LogP contribution in [0.4, 0.5) is 22.0 Å². The van der Waals surface area contributed by atoms with E-state index < -0.39 is 65.2 Å². The van der Waals surface area contributed by atoms with Gasteiger partial charge in [-0.05, 0) is 30.7 Å². The number of aromatic nitrogens is 2. The van der Waals surface area contributed by atoms with Crippen LogP contribution in [-0.2, 0) is 24.1 Å². The molecule has 1 N–H and O–H groups in total. The van der Waals surface area contributed by atoms with E-state index in [-0.39, 0.29) is 29.0 Å². The van der Waals surface area contributed by atoms with E-state index in [9.17, 15) is 31.9 Å². The monoisotopic (exact) mass is 613 g/mol. The van der Waals surface area contributed by atoms with Gasteiger partial charge in [0.1, 0.15) is 5.82 Å². The van der Waals surface area contributed by atoms with Crippen molar-refractivity contribution in [2.45, 2.75) is 38.7 Å². The lowest BCUT2D eigenvalue weighted by Crippen LogP contribution is -2.45. The van der Waals surface area contributed by atoms with Crippen LogP contribution in [0, 0.1) is 18.6 Å². The number of benzene rings is 3. The van der Waals surface area contributed by atoms with Gasteiger partial charge in [0.15, 0.2) is 11.6 Å². The summed E-state index contributed by atoms with van der Waals surface area (Å²) in [6.07, 6.45) is -3.68. The largest absolute Gasteiger partial charge is 0.494 e. The second-order valence-electron chi connectivity index (χ2n) is 9.85. The molecule has 0 fully saturated rings. The third kappa shape index (κ3) is 6.48. The average molecular weight is 614 g/mol. The van der Waals surface area contributed by atoms with Gasteiger partial charge >= 0.3 is 11.9 Å². The Bertz CT molecular complexity index is 1810. The van der Waals surface area contributed by atoms with Crippen molar-refractivity contribution in [2.75, 3.05) is 7.11 Å². The lowest BCUT2D eigenvalue weighted by atomic mass is 10.0. The molecule has 0 aliphatic carbocycles. The number of hydrogen-bond acceptors (Lipinski definition) is 4. The Balaban J connectivity index is 2.02. The van der Waals surface area contributed by atoms with Crippen molar-refractivity contribution in [2.24, 2.45) is 0 Å². The molecule has 1 atom stereocenters. The van der Waals surface area contributed by atoms with Gasteiger partial charge in [0.25, 0.3) is 5.56 Å². The number of amides is 1. The number of rotatable bonds is 10. The molecule has 0 saturated carbocycles. The number of halogens is 5. The van der Waals surface area contributed by atoms with Gasteiger partial charge in [0.2, 0.25) is 5.91 Å². The minimum atomic E-state index is -4.96. The van der Waals surface area contributed by atoms with E-state index in [1.807, 2.05) is 0 Å². The minimum absolute atomic E-state index is 0.0792. The van der Waals surface area contributed by atoms with E-state index in [1.54, 1.807) is 30.3 Å². The van der Waals surface area contributed by atoms with Crippen molar-refractivity contribution in [1.82, 2.24) is 14.5 Å². The summed E-state index contributed by atoms with van der Waals surface area (Å²) < 4.78 is 78.6. The molecule has 230 valence electrons. The van der Waals surface area contributed by atoms with E-state index in [0.29, 0.717) is 16.2 Å². The second kappa shape index (κ2) is 13.1. The number of nitrogens with one attached hydrogen (secondary N) is 1. The zero-order valence-corrected chi connectivity index (χ0v) is 23.8. The van der Waals surface area contributed by atoms with Crippen LogP contribution >= 0.6 is 0 Å². The summed E-state index contributed by atoms with van der Waals surface area (Å²) in [5.74, 6) is -2.88. The third-order valence-electron chi connectivity index (χ3n) is 7.11. The quantitative estimate of drug-likeness (QED) is 0.182. The second-order valence-corrected chi connectivity index (χ2v) is 9.85. The Labute approximate surface area is 248 Å². The van der Waals surface area contributed by atoms with Crippen LogP contribution in [-0.4, -0.2) is 22.2 Å². The molecule has 0 spiro atoms. The minimum Gasteiger partial charge on any atom is -0.494 e. The molecule has 3 aromatic carbocycles. The SMILES string of the molecule is C=CCC(=O)N[C@@H](Cn1c(=O)c(-c2cccc(OC)c2F)c(C)n(Cc2c(F)cccc2C(F)(F)F)c1=O)c1ccccc1. The van der Waals surface area contributed by atoms with Crippen LogP contribution in [0.25, 0.3) is 11.1 Å². The molecule has 1 aromatic heterocycles. The molecule has 0 aliphatic heterocycles. The van der Waals surface area contributed by atoms with Crippen molar-refractivity contribution in [3.8, 4) is 16.9 Å². The van der Waals surface area contributed by atoms with E-state index in [2.05, 4.69) is 11.9 Å². The molecule has 0 radical (unpaired) electrons. The van der Waals surface area contributed by atoms with Gasteiger partial charge < -0.3 is 10.1 Å². The maximum atomic E-state index is 15.5. The Morgan fingerprint density at radius 2 is 1.68 bits per heavy atom. The molecule has 1 amide bonds. The fourth-order valence-electron chi connectivity index (χ4n) is 4.95. The zero-order chi connectivity index (χ0) is 32.2. The van der Waals surface area contributed by atoms with Crippen LogP contribution in [0.3, 0.4) is 0 Å². The summed E-state index contributed by atoms with van der Waals surface area (Å²) in [7, 11) is 1.21. The molecule has 7 nitrogen and oxygen atoms in total. The lowest BCUT2D eigenvalue weighted by Gasteiger charge is -2.23. The molecule has 1 heterocycles. The highest BCUT2D eigenvalue weighted by molar-refractivity contribution is 5.77. The summed E-state index contributed by atoms with van der Waals surface area (Å²) in [6, 6.07) is 13.7. The normalized spacial score (nSPS) is 12.1. The first-order valence-corrected chi connectivity index (χ1v) is 13.4. The topological polar surface area (TPSA) is 82.3 Å². The van der Waals surface area contributed by atoms with Gasteiger partial charge in [0, 0.05) is 23.2 Å². The van der Waals surface area contributed by atoms with Crippen LogP contribution in [0.5, 0.6) is 5.75 Å². The average Bonchev–Trinajstić information content (AvgIpc) is 2.98. The lowest BCUT2D eigenvalue weighted by molar-refractivity contribution is -0.138. The molecule has 0 unspecified atom stereocenters. The van der Waals surface area contributed by atoms with Gasteiger partial charge in [-0.15, -0.1) is 6.58 Å². The number of alkyl halides is 3. The van der Waals surface area contributed by atoms with Crippen molar-refractivity contribution in [1.29, 1.82) is 0 Å². The number of ether oxygens (including phenoxy) is 1. The van der Waals surface area contributed by atoms with Crippen LogP contribution in [0.1, 0.15) is 34.8 Å². The number of nitrogens with zero attached hydrogens (tertiary/aromatic N) is 2. The number of hydrogen-bond donors (Lipinski definition) is 1. The summed E-state index contributed by atoms with van der Waals surface area (Å²) in [4.78, 5) is 40.5. The Hall–Kier alpha value is -5.00. The van der Waals surface area contributed by atoms with E-state index in [1.165, 1.54) is 38.3 Å². The molecular weight excluding hydrogens is 585 g/mol. The summed E-state index contributed by atoms with van der Waals surface area (Å²) >= 11 is 0. The Morgan fingerprint density at radius 3 is 2.32 bits per heavy atom. The summed E-state index contributed by atoms with van der Waals surface area (Å²) in [5.41, 5.74) is -4.55. The Kier molecular flexibility index (Phi) is 9.51. The Morgan fingerprint density at radius 1 is 1.00 bits per heavy atom. The molecule has 4 rings (SSSR count). The van der Waals surface area contributed by atoms with Crippen LogP contribution in [0.2, 0.25) is 0 Å². The highest BCUT2D eigenvalue weighted by Crippen LogP contribution is 2.34. The fourth-order valence-corrected chi connectivity index (χ4v) is 4.95. The van der Waals surface area contributed by atoms with Crippen LogP contribution in [0.15, 0.2) is 89.0 Å². The first-order valence-electron chi connectivity index (χ1n) is 13.4. The number of methoxy groups -OCH3 is 1. The highest BCUT2D eigenvalue weighted by Gasteiger charge is 2.35. The molecule has 0 saturated heterocycles. The predicted octanol–water partition coefficient (Wildman–Crippen LogP) is 5.77. The number of carbonyl (C=O) groups excluding carboxylic acids is 1. The number of carbonyl (C=O) groups is 1. The maximum Gasteiger partial charge on any atom is 0.416 e. The van der Waals surface area contributed by atoms with E-state index in [4.69, 9.17) is 4.74 Å². The first-order chi connectivity index (χ1) is 20.9. The van der Waals surface area contributed by atoms with E-state index >= 15 is 4.39 Å². The molecule has 12 heteroatoms. The van der Waals surface area contributed by atoms with Gasteiger partial charge in [-0.1, -0.05) is 54.6 Å². The molecule has 44 heavy (non-hydrogen) atoms. The van der Waals surface area contributed by atoms with Crippen molar-refractivity contribution in [3.63, 3.8) is 0 Å². The predicted molar refractivity (Wildman–Crippen MR) is 154 cm³/mol. The van der Waals surface area contributed by atoms with Gasteiger partial charge in [-0.3, -0.25) is 18.7 Å². The molecule has 0 aliphatic rings. The molecule has 4 aromatic rings. The summed E-state index contributed by atoms with van der Waals surface area (Å²) in [6.45, 7) is 3.38. The van der Waals surface area contributed by atoms with Gasteiger partial charge in [0.05, 0.1) is 37.4 Å². The summed E-state index contributed by atoms with van der Waals surface area (Å²) in [5, 5.41) is 2.73. The van der Waals surface area contributed by atoms with Crippen molar-refractivity contribution >= 4 is 5.91 Å². The first kappa shape index (κ1) is 31.9. The molecule has 0 bridgehead atoms. The molecular formula is C32H28F5N3O4. The fraction of sp³-hybridized carbons (Fsp3) is 0.219. The highest BCUT2D eigenvalue weighted by atomic mass is 19.4. The van der Waals surface area contributed by atoms with Crippen molar-refractivity contribution in [3.05, 3.63) is 134 Å². The zero-order valence-electron chi connectivity index (χ0n) is 23.8. The standard InChI is InChI=1S/C32H28F5N3O4/c1-4-10-27(41)38-25(20-11-6-5-7-12-20)18-40-30(42)28(21-13-8-16-26(44-3)29(21)34)19(2)39(31(40)43)17-22-23(32(35,36)37)14-9-15-24(22)33/h4-9,11-16,25H,1,10,17-18H2,2-3H3,(H,38,41)/t25-/m0/s1. The van der Waals surface area contributed by atoms with Crippen molar-refractivity contribution < 1.29 is 31.5 Å². The van der Waals surface area contributed by atoms with Gasteiger partial charge in [-0.25, -0.2) is 13.6 Å². The maximum absolute atomic E-state index is 15.5. The van der Waals surface area contributed by atoms with Crippen LogP contribution < -0.4 is 21.3 Å². The van der Waals surface area contributed by atoms with E-state index in [0.717, 1.165) is 16.7 Å².